The number of nitrogens with zero attached hydrogens (tertiary/aromatic N) is 2. The minimum absolute atomic E-state index is 0.0125. The van der Waals surface area contributed by atoms with Crippen molar-refractivity contribution in [3.8, 4) is 0 Å². The Labute approximate surface area is 118 Å². The third kappa shape index (κ3) is 4.20. The first-order valence-electron chi connectivity index (χ1n) is 6.71. The van der Waals surface area contributed by atoms with Crippen molar-refractivity contribution in [3.63, 3.8) is 0 Å². The number of carbonyl (C=O) groups excluding carboxylic acids is 1. The van der Waals surface area contributed by atoms with Gasteiger partial charge in [-0.2, -0.15) is 0 Å². The van der Waals surface area contributed by atoms with Gasteiger partial charge < -0.3 is 15.6 Å². The van der Waals surface area contributed by atoms with Crippen LogP contribution in [0.4, 0.5) is 0 Å². The minimum Gasteiger partial charge on any atom is -0.350 e. The van der Waals surface area contributed by atoms with Gasteiger partial charge in [0.2, 0.25) is 5.91 Å². The zero-order valence-electron chi connectivity index (χ0n) is 11.6. The minimum atomic E-state index is -0.525. The Kier molecular flexibility index (Phi) is 4.90. The Morgan fingerprint density at radius 1 is 1.40 bits per heavy atom. The van der Waals surface area contributed by atoms with Crippen molar-refractivity contribution in [2.45, 2.75) is 32.0 Å². The normalized spacial score (nSPS) is 13.7. The highest BCUT2D eigenvalue weighted by Gasteiger charge is 2.16. The lowest BCUT2D eigenvalue weighted by atomic mass is 10.1. The molecule has 0 spiro atoms. The van der Waals surface area contributed by atoms with E-state index in [2.05, 4.69) is 10.3 Å². The van der Waals surface area contributed by atoms with Crippen LogP contribution in [0.3, 0.4) is 0 Å². The number of rotatable bonds is 6. The molecular formula is C15H20N4O. The second-order valence-electron chi connectivity index (χ2n) is 4.97. The van der Waals surface area contributed by atoms with Crippen molar-refractivity contribution in [2.75, 3.05) is 0 Å². The fourth-order valence-electron chi connectivity index (χ4n) is 2.07. The number of nitrogens with two attached hydrogens (primary N) is 1. The number of benzene rings is 1. The summed E-state index contributed by atoms with van der Waals surface area (Å²) in [5.41, 5.74) is 7.01. The summed E-state index contributed by atoms with van der Waals surface area (Å²) in [6.07, 6.45) is 5.86. The van der Waals surface area contributed by atoms with Crippen LogP contribution >= 0.6 is 0 Å². The van der Waals surface area contributed by atoms with Gasteiger partial charge in [0.1, 0.15) is 0 Å². The van der Waals surface area contributed by atoms with E-state index in [0.717, 1.165) is 5.56 Å². The predicted molar refractivity (Wildman–Crippen MR) is 78.0 cm³/mol. The zero-order valence-corrected chi connectivity index (χ0v) is 11.6. The van der Waals surface area contributed by atoms with Gasteiger partial charge in [-0.15, -0.1) is 0 Å². The van der Waals surface area contributed by atoms with E-state index >= 15 is 0 Å². The van der Waals surface area contributed by atoms with Crippen LogP contribution in [0.1, 0.15) is 12.5 Å². The molecule has 0 saturated carbocycles. The molecule has 1 aromatic carbocycles. The van der Waals surface area contributed by atoms with Gasteiger partial charge in [0.25, 0.3) is 0 Å². The van der Waals surface area contributed by atoms with Crippen LogP contribution in [0.2, 0.25) is 0 Å². The fraction of sp³-hybridized carbons (Fsp3) is 0.333. The van der Waals surface area contributed by atoms with Crippen LogP contribution in [0, 0.1) is 0 Å². The molecule has 0 fully saturated rings. The molecule has 0 bridgehead atoms. The lowest BCUT2D eigenvalue weighted by Crippen LogP contribution is -2.46. The quantitative estimate of drug-likeness (QED) is 0.822. The molecule has 5 nitrogen and oxygen atoms in total. The smallest absolute Gasteiger partial charge is 0.237 e. The second-order valence-corrected chi connectivity index (χ2v) is 4.97. The third-order valence-electron chi connectivity index (χ3n) is 3.07. The van der Waals surface area contributed by atoms with E-state index in [4.69, 9.17) is 5.73 Å². The van der Waals surface area contributed by atoms with Gasteiger partial charge in [0, 0.05) is 25.0 Å². The summed E-state index contributed by atoms with van der Waals surface area (Å²) >= 11 is 0. The standard InChI is InChI=1S/C15H20N4O/c1-12(10-19-8-7-17-11-19)18-15(20)14(16)9-13-5-3-2-4-6-13/h2-8,11-12,14H,9-10,16H2,1H3,(H,18,20). The highest BCUT2D eigenvalue weighted by Crippen LogP contribution is 2.02. The number of hydrogen-bond donors (Lipinski definition) is 2. The third-order valence-corrected chi connectivity index (χ3v) is 3.07. The topological polar surface area (TPSA) is 72.9 Å². The summed E-state index contributed by atoms with van der Waals surface area (Å²) in [7, 11) is 0. The lowest BCUT2D eigenvalue weighted by molar-refractivity contribution is -0.123. The number of carbonyl (C=O) groups is 1. The molecule has 0 aliphatic rings. The number of imidazole rings is 1. The van der Waals surface area contributed by atoms with E-state index in [0.29, 0.717) is 13.0 Å². The highest BCUT2D eigenvalue weighted by atomic mass is 16.2. The second kappa shape index (κ2) is 6.86. The maximum atomic E-state index is 12.0. The number of aromatic nitrogens is 2. The van der Waals surface area contributed by atoms with Crippen LogP contribution in [-0.2, 0) is 17.8 Å². The summed E-state index contributed by atoms with van der Waals surface area (Å²) in [4.78, 5) is 16.0. The molecule has 0 aliphatic heterocycles. The van der Waals surface area contributed by atoms with Gasteiger partial charge in [-0.3, -0.25) is 4.79 Å². The van der Waals surface area contributed by atoms with Gasteiger partial charge in [0.15, 0.2) is 0 Å². The average molecular weight is 272 g/mol. The number of hydrogen-bond acceptors (Lipinski definition) is 3. The first-order valence-corrected chi connectivity index (χ1v) is 6.71. The van der Waals surface area contributed by atoms with Gasteiger partial charge in [-0.1, -0.05) is 30.3 Å². The van der Waals surface area contributed by atoms with Crippen LogP contribution in [0.15, 0.2) is 49.1 Å². The van der Waals surface area contributed by atoms with Crippen molar-refractivity contribution < 1.29 is 4.79 Å². The molecule has 2 aromatic rings. The summed E-state index contributed by atoms with van der Waals surface area (Å²) in [6.45, 7) is 2.64. The van der Waals surface area contributed by atoms with Crippen LogP contribution < -0.4 is 11.1 Å². The molecule has 5 heteroatoms. The van der Waals surface area contributed by atoms with Crippen molar-refractivity contribution >= 4 is 5.91 Å². The molecule has 106 valence electrons. The van der Waals surface area contributed by atoms with Crippen LogP contribution in [0.5, 0.6) is 0 Å². The van der Waals surface area contributed by atoms with Crippen LogP contribution in [0.25, 0.3) is 0 Å². The first kappa shape index (κ1) is 14.3. The van der Waals surface area contributed by atoms with E-state index < -0.39 is 6.04 Å². The molecule has 2 atom stereocenters. The predicted octanol–water partition coefficient (Wildman–Crippen LogP) is 0.958. The molecule has 0 radical (unpaired) electrons. The van der Waals surface area contributed by atoms with Crippen molar-refractivity contribution in [2.24, 2.45) is 5.73 Å². The number of nitrogens with one attached hydrogen (secondary N) is 1. The molecule has 2 rings (SSSR count). The summed E-state index contributed by atoms with van der Waals surface area (Å²) in [6, 6.07) is 9.27. The van der Waals surface area contributed by atoms with Gasteiger partial charge in [0.05, 0.1) is 12.4 Å². The van der Waals surface area contributed by atoms with E-state index in [1.54, 1.807) is 12.5 Å². The first-order chi connectivity index (χ1) is 9.65. The Hall–Kier alpha value is -2.14. The van der Waals surface area contributed by atoms with Crippen molar-refractivity contribution in [1.29, 1.82) is 0 Å². The van der Waals surface area contributed by atoms with E-state index in [1.807, 2.05) is 48.0 Å². The van der Waals surface area contributed by atoms with Gasteiger partial charge in [-0.25, -0.2) is 4.98 Å². The SMILES string of the molecule is CC(Cn1ccnc1)NC(=O)C(N)Cc1ccccc1. The molecule has 0 saturated heterocycles. The Bertz CT molecular complexity index is 524. The lowest BCUT2D eigenvalue weighted by Gasteiger charge is -2.18. The average Bonchev–Trinajstić information content (AvgIpc) is 2.92. The van der Waals surface area contributed by atoms with Crippen LogP contribution in [-0.4, -0.2) is 27.5 Å². The summed E-state index contributed by atoms with van der Waals surface area (Å²) in [5.74, 6) is -0.124. The zero-order chi connectivity index (χ0) is 14.4. The van der Waals surface area contributed by atoms with E-state index in [9.17, 15) is 4.79 Å². The fourth-order valence-corrected chi connectivity index (χ4v) is 2.07. The Balaban J connectivity index is 1.81. The molecule has 1 aromatic heterocycles. The molecule has 1 heterocycles. The van der Waals surface area contributed by atoms with Crippen molar-refractivity contribution in [1.82, 2.24) is 14.9 Å². The van der Waals surface area contributed by atoms with E-state index in [-0.39, 0.29) is 11.9 Å². The maximum absolute atomic E-state index is 12.0. The monoisotopic (exact) mass is 272 g/mol. The molecule has 0 aliphatic carbocycles. The van der Waals surface area contributed by atoms with Crippen molar-refractivity contribution in [3.05, 3.63) is 54.6 Å². The Morgan fingerprint density at radius 3 is 2.80 bits per heavy atom. The number of amides is 1. The Morgan fingerprint density at radius 2 is 2.15 bits per heavy atom. The summed E-state index contributed by atoms with van der Waals surface area (Å²) in [5, 5.41) is 2.93. The highest BCUT2D eigenvalue weighted by molar-refractivity contribution is 5.82. The summed E-state index contributed by atoms with van der Waals surface area (Å²) < 4.78 is 1.92. The molecule has 2 unspecified atom stereocenters. The largest absolute Gasteiger partial charge is 0.350 e. The maximum Gasteiger partial charge on any atom is 0.237 e. The van der Waals surface area contributed by atoms with Gasteiger partial charge >= 0.3 is 0 Å². The van der Waals surface area contributed by atoms with E-state index in [1.165, 1.54) is 0 Å². The molecule has 3 N–H and O–H groups in total. The molecule has 1 amide bonds. The molecular weight excluding hydrogens is 252 g/mol. The molecule has 20 heavy (non-hydrogen) atoms. The van der Waals surface area contributed by atoms with Gasteiger partial charge in [-0.05, 0) is 18.9 Å².